The zero-order chi connectivity index (χ0) is 18.1. The number of carbonyl (C=O) groups excluding carboxylic acids is 1. The summed E-state index contributed by atoms with van der Waals surface area (Å²) in [5, 5.41) is 10.6. The second-order valence-corrected chi connectivity index (χ2v) is 6.80. The third kappa shape index (κ3) is 5.48. The van der Waals surface area contributed by atoms with Crippen molar-refractivity contribution in [3.63, 3.8) is 0 Å². The smallest absolute Gasteiger partial charge is 0.226 e. The first-order chi connectivity index (χ1) is 11.4. The summed E-state index contributed by atoms with van der Waals surface area (Å²) in [7, 11) is 1.79. The van der Waals surface area contributed by atoms with E-state index < -0.39 is 6.10 Å². The van der Waals surface area contributed by atoms with Crippen LogP contribution in [-0.4, -0.2) is 29.0 Å². The van der Waals surface area contributed by atoms with Crippen LogP contribution in [0.1, 0.15) is 58.1 Å². The molecule has 0 saturated carbocycles. The summed E-state index contributed by atoms with van der Waals surface area (Å²) in [6.07, 6.45) is 5.14. The van der Waals surface area contributed by atoms with Gasteiger partial charge in [-0.25, -0.2) is 0 Å². The first-order valence-electron chi connectivity index (χ1n) is 9.04. The lowest BCUT2D eigenvalue weighted by atomic mass is 9.85. The summed E-state index contributed by atoms with van der Waals surface area (Å²) < 4.78 is 0. The summed E-state index contributed by atoms with van der Waals surface area (Å²) in [5.41, 5.74) is 0.837. The van der Waals surface area contributed by atoms with Gasteiger partial charge >= 0.3 is 0 Å². The Labute approximate surface area is 147 Å². The molecule has 1 aromatic rings. The van der Waals surface area contributed by atoms with Gasteiger partial charge in [0.05, 0.1) is 12.1 Å². The Morgan fingerprint density at radius 3 is 2.46 bits per heavy atom. The van der Waals surface area contributed by atoms with E-state index >= 15 is 0 Å². The fraction of sp³-hybridized carbons (Fsp3) is 0.571. The molecule has 1 amide bonds. The van der Waals surface area contributed by atoms with Gasteiger partial charge in [-0.2, -0.15) is 0 Å². The van der Waals surface area contributed by atoms with E-state index in [2.05, 4.69) is 20.4 Å². The lowest BCUT2D eigenvalue weighted by molar-refractivity contribution is -0.140. The topological polar surface area (TPSA) is 40.5 Å². The van der Waals surface area contributed by atoms with Crippen molar-refractivity contribution in [1.82, 2.24) is 4.90 Å². The monoisotopic (exact) mass is 331 g/mol. The Balaban J connectivity index is 2.82. The molecule has 0 aliphatic heterocycles. The minimum absolute atomic E-state index is 0.0653. The van der Waals surface area contributed by atoms with Crippen LogP contribution >= 0.6 is 0 Å². The molecule has 0 aliphatic rings. The van der Waals surface area contributed by atoms with Gasteiger partial charge in [-0.15, -0.1) is 6.58 Å². The van der Waals surface area contributed by atoms with Gasteiger partial charge < -0.3 is 10.0 Å². The fourth-order valence-electron chi connectivity index (χ4n) is 3.09. The molecule has 0 spiro atoms. The number of nitrogens with zero attached hydrogens (tertiary/aromatic N) is 1. The summed E-state index contributed by atoms with van der Waals surface area (Å²) in [6.45, 7) is 10.0. The summed E-state index contributed by atoms with van der Waals surface area (Å²) in [4.78, 5) is 14.7. The van der Waals surface area contributed by atoms with Crippen molar-refractivity contribution in [2.75, 3.05) is 7.05 Å². The van der Waals surface area contributed by atoms with Crippen molar-refractivity contribution < 1.29 is 9.90 Å². The zero-order valence-electron chi connectivity index (χ0n) is 15.6. The predicted molar refractivity (Wildman–Crippen MR) is 101 cm³/mol. The third-order valence-electron chi connectivity index (χ3n) is 4.99. The Hall–Kier alpha value is -1.61. The molecule has 24 heavy (non-hydrogen) atoms. The maximum atomic E-state index is 13.0. The first kappa shape index (κ1) is 20.4. The van der Waals surface area contributed by atoms with Gasteiger partial charge in [0.25, 0.3) is 0 Å². The standard InChI is InChI=1S/C21H33NO2/c1-6-8-13-16(3)19(12-7-2)21(24)22(5)17(4)20(23)18-14-10-9-11-15-18/h7,9-11,14-17,19-20,23H,2,6,8,12-13H2,1,3-5H3/t16-,17-,19-,20+/m0/s1. The average Bonchev–Trinajstić information content (AvgIpc) is 2.62. The minimum atomic E-state index is -0.685. The van der Waals surface area contributed by atoms with Crippen molar-refractivity contribution >= 4 is 5.91 Å². The molecule has 0 aromatic heterocycles. The number of benzene rings is 1. The number of likely N-dealkylation sites (N-methyl/N-ethyl adjacent to an activating group) is 1. The summed E-state index contributed by atoms with van der Waals surface area (Å²) in [6, 6.07) is 9.24. The van der Waals surface area contributed by atoms with Gasteiger partial charge in [-0.05, 0) is 31.2 Å². The first-order valence-corrected chi connectivity index (χ1v) is 9.04. The van der Waals surface area contributed by atoms with Crippen LogP contribution in [0.4, 0.5) is 0 Å². The quantitative estimate of drug-likeness (QED) is 0.637. The number of hydrogen-bond donors (Lipinski definition) is 1. The Morgan fingerprint density at radius 1 is 1.29 bits per heavy atom. The van der Waals surface area contributed by atoms with E-state index in [1.165, 1.54) is 0 Å². The molecule has 3 heteroatoms. The summed E-state index contributed by atoms with van der Waals surface area (Å²) >= 11 is 0. The number of hydrogen-bond acceptors (Lipinski definition) is 2. The molecule has 0 aliphatic carbocycles. The lowest BCUT2D eigenvalue weighted by Gasteiger charge is -2.34. The predicted octanol–water partition coefficient (Wildman–Crippen LogP) is 4.59. The Bertz CT molecular complexity index is 500. The van der Waals surface area contributed by atoms with Gasteiger partial charge in [-0.1, -0.05) is 63.1 Å². The second-order valence-electron chi connectivity index (χ2n) is 6.80. The van der Waals surface area contributed by atoms with Crippen molar-refractivity contribution in [2.24, 2.45) is 11.8 Å². The highest BCUT2D eigenvalue weighted by Crippen LogP contribution is 2.27. The van der Waals surface area contributed by atoms with Gasteiger partial charge in [0.2, 0.25) is 5.91 Å². The SMILES string of the molecule is C=CC[C@H](C(=O)N(C)[C@@H](C)[C@@H](O)c1ccccc1)[C@@H](C)CCCC. The third-order valence-corrected chi connectivity index (χ3v) is 4.99. The minimum Gasteiger partial charge on any atom is -0.386 e. The number of rotatable bonds is 10. The highest BCUT2D eigenvalue weighted by atomic mass is 16.3. The van der Waals surface area contributed by atoms with E-state index in [0.29, 0.717) is 12.3 Å². The fourth-order valence-corrected chi connectivity index (χ4v) is 3.09. The molecule has 1 N–H and O–H groups in total. The van der Waals surface area contributed by atoms with E-state index in [4.69, 9.17) is 0 Å². The van der Waals surface area contributed by atoms with Gasteiger partial charge in [0.15, 0.2) is 0 Å². The molecular weight excluding hydrogens is 298 g/mol. The molecule has 0 heterocycles. The van der Waals surface area contributed by atoms with Gasteiger partial charge in [-0.3, -0.25) is 4.79 Å². The maximum Gasteiger partial charge on any atom is 0.226 e. The second kappa shape index (κ2) is 10.3. The highest BCUT2D eigenvalue weighted by Gasteiger charge is 2.31. The van der Waals surface area contributed by atoms with E-state index in [1.54, 1.807) is 11.9 Å². The zero-order valence-corrected chi connectivity index (χ0v) is 15.6. The molecule has 1 aromatic carbocycles. The number of unbranched alkanes of at least 4 members (excludes halogenated alkanes) is 1. The molecular formula is C21H33NO2. The van der Waals surface area contributed by atoms with E-state index in [0.717, 1.165) is 24.8 Å². The summed E-state index contributed by atoms with van der Waals surface area (Å²) in [5.74, 6) is 0.351. The molecule has 0 saturated heterocycles. The number of aliphatic hydroxyl groups excluding tert-OH is 1. The van der Waals surface area contributed by atoms with Gasteiger partial charge in [0, 0.05) is 13.0 Å². The van der Waals surface area contributed by atoms with Crippen LogP contribution in [0.15, 0.2) is 43.0 Å². The maximum absolute atomic E-state index is 13.0. The van der Waals surface area contributed by atoms with Crippen LogP contribution in [-0.2, 0) is 4.79 Å². The largest absolute Gasteiger partial charge is 0.386 e. The van der Waals surface area contributed by atoms with Crippen molar-refractivity contribution in [2.45, 2.75) is 58.6 Å². The van der Waals surface area contributed by atoms with Crippen LogP contribution in [0.3, 0.4) is 0 Å². The van der Waals surface area contributed by atoms with Crippen LogP contribution < -0.4 is 0 Å². The highest BCUT2D eigenvalue weighted by molar-refractivity contribution is 5.79. The number of allylic oxidation sites excluding steroid dienone is 1. The number of aliphatic hydroxyl groups is 1. The number of carbonyl (C=O) groups is 1. The van der Waals surface area contributed by atoms with Crippen molar-refractivity contribution in [1.29, 1.82) is 0 Å². The Morgan fingerprint density at radius 2 is 1.92 bits per heavy atom. The molecule has 0 radical (unpaired) electrons. The molecule has 1 rings (SSSR count). The van der Waals surface area contributed by atoms with E-state index in [9.17, 15) is 9.90 Å². The molecule has 0 bridgehead atoms. The van der Waals surface area contributed by atoms with Crippen LogP contribution in [0.25, 0.3) is 0 Å². The molecule has 134 valence electrons. The lowest BCUT2D eigenvalue weighted by Crippen LogP contribution is -2.43. The average molecular weight is 332 g/mol. The van der Waals surface area contributed by atoms with Crippen LogP contribution in [0.2, 0.25) is 0 Å². The number of amides is 1. The molecule has 3 nitrogen and oxygen atoms in total. The van der Waals surface area contributed by atoms with Crippen LogP contribution in [0, 0.1) is 11.8 Å². The van der Waals surface area contributed by atoms with Crippen LogP contribution in [0.5, 0.6) is 0 Å². The van der Waals surface area contributed by atoms with Crippen molar-refractivity contribution in [3.05, 3.63) is 48.6 Å². The van der Waals surface area contributed by atoms with E-state index in [-0.39, 0.29) is 17.9 Å². The molecule has 0 fully saturated rings. The van der Waals surface area contributed by atoms with E-state index in [1.807, 2.05) is 43.3 Å². The molecule has 0 unspecified atom stereocenters. The van der Waals surface area contributed by atoms with Crippen molar-refractivity contribution in [3.8, 4) is 0 Å². The van der Waals surface area contributed by atoms with Gasteiger partial charge in [0.1, 0.15) is 0 Å². The molecule has 4 atom stereocenters. The normalized spacial score (nSPS) is 16.0. The Kier molecular flexibility index (Phi) is 8.77.